The highest BCUT2D eigenvalue weighted by atomic mass is 35.5. The largest absolute Gasteiger partial charge is 0.334 e. The van der Waals surface area contributed by atoms with E-state index in [9.17, 15) is 4.79 Å². The van der Waals surface area contributed by atoms with E-state index in [0.29, 0.717) is 23.1 Å². The maximum absolute atomic E-state index is 12.3. The van der Waals surface area contributed by atoms with Gasteiger partial charge in [0.25, 0.3) is 0 Å². The number of nitrogens with zero attached hydrogens (tertiary/aromatic N) is 3. The number of amides is 2. The van der Waals surface area contributed by atoms with E-state index in [0.717, 1.165) is 16.8 Å². The highest BCUT2D eigenvalue weighted by Gasteiger charge is 2.11. The molecule has 0 aliphatic rings. The molecule has 7 heteroatoms. The first kappa shape index (κ1) is 18.3. The molecule has 0 atom stereocenters. The Morgan fingerprint density at radius 2 is 1.96 bits per heavy atom. The lowest BCUT2D eigenvalue weighted by Gasteiger charge is -2.18. The van der Waals surface area contributed by atoms with Crippen LogP contribution < -0.4 is 5.32 Å². The summed E-state index contributed by atoms with van der Waals surface area (Å²) in [5, 5.41) is 8.31. The number of rotatable bonds is 5. The van der Waals surface area contributed by atoms with E-state index >= 15 is 0 Å². The van der Waals surface area contributed by atoms with Crippen molar-refractivity contribution in [1.29, 1.82) is 0 Å². The van der Waals surface area contributed by atoms with Gasteiger partial charge in [0.05, 0.1) is 11.9 Å². The van der Waals surface area contributed by atoms with Gasteiger partial charge in [-0.3, -0.25) is 0 Å². The monoisotopic (exact) mass is 388 g/mol. The van der Waals surface area contributed by atoms with E-state index in [1.807, 2.05) is 42.6 Å². The Bertz CT molecular complexity index is 896. The third kappa shape index (κ3) is 4.56. The van der Waals surface area contributed by atoms with Gasteiger partial charge in [0.1, 0.15) is 0 Å². The zero-order chi connectivity index (χ0) is 18.5. The molecule has 3 aromatic rings. The first-order valence-corrected chi connectivity index (χ1v) is 8.80. The average molecular weight is 389 g/mol. The van der Waals surface area contributed by atoms with E-state index in [2.05, 4.69) is 10.4 Å². The minimum absolute atomic E-state index is 0.191. The van der Waals surface area contributed by atoms with Gasteiger partial charge in [0.2, 0.25) is 0 Å². The molecule has 1 heterocycles. The van der Waals surface area contributed by atoms with Crippen LogP contribution in [0.25, 0.3) is 5.69 Å². The Kier molecular flexibility index (Phi) is 5.81. The summed E-state index contributed by atoms with van der Waals surface area (Å²) >= 11 is 12.1. The number of carbonyl (C=O) groups excluding carboxylic acids is 1. The van der Waals surface area contributed by atoms with Crippen LogP contribution in [0.15, 0.2) is 60.9 Å². The van der Waals surface area contributed by atoms with Crippen LogP contribution in [-0.4, -0.2) is 27.8 Å². The van der Waals surface area contributed by atoms with Gasteiger partial charge in [-0.05, 0) is 29.8 Å². The molecule has 0 spiro atoms. The molecule has 3 rings (SSSR count). The molecule has 0 unspecified atom stereocenters. The third-order valence-electron chi connectivity index (χ3n) is 3.87. The number of urea groups is 1. The number of hydrogen-bond donors (Lipinski definition) is 1. The van der Waals surface area contributed by atoms with Crippen molar-refractivity contribution in [3.05, 3.63) is 82.1 Å². The molecule has 0 bridgehead atoms. The highest BCUT2D eigenvalue weighted by molar-refractivity contribution is 6.35. The van der Waals surface area contributed by atoms with Gasteiger partial charge in [0.15, 0.2) is 0 Å². The maximum atomic E-state index is 12.3. The molecular formula is C19H18Cl2N4O. The van der Waals surface area contributed by atoms with Gasteiger partial charge >= 0.3 is 6.03 Å². The molecule has 1 aromatic heterocycles. The molecule has 0 fully saturated rings. The molecule has 0 saturated carbocycles. The van der Waals surface area contributed by atoms with Crippen LogP contribution in [-0.2, 0) is 13.1 Å². The van der Waals surface area contributed by atoms with Crippen LogP contribution in [0.4, 0.5) is 4.79 Å². The summed E-state index contributed by atoms with van der Waals surface area (Å²) in [5.41, 5.74) is 2.73. The topological polar surface area (TPSA) is 50.2 Å². The lowest BCUT2D eigenvalue weighted by molar-refractivity contribution is 0.206. The van der Waals surface area contributed by atoms with Crippen LogP contribution in [0.3, 0.4) is 0 Å². The number of hydrogen-bond acceptors (Lipinski definition) is 2. The number of carbonyl (C=O) groups is 1. The molecule has 2 aromatic carbocycles. The summed E-state index contributed by atoms with van der Waals surface area (Å²) in [6, 6.07) is 14.9. The van der Waals surface area contributed by atoms with E-state index in [1.54, 1.807) is 35.0 Å². The molecule has 134 valence electrons. The molecule has 0 aliphatic heterocycles. The van der Waals surface area contributed by atoms with Crippen molar-refractivity contribution in [3.8, 4) is 5.69 Å². The van der Waals surface area contributed by atoms with Crippen molar-refractivity contribution >= 4 is 29.2 Å². The van der Waals surface area contributed by atoms with Crippen molar-refractivity contribution in [2.24, 2.45) is 0 Å². The van der Waals surface area contributed by atoms with E-state index in [1.165, 1.54) is 0 Å². The second-order valence-corrected chi connectivity index (χ2v) is 6.72. The number of para-hydroxylation sites is 1. The predicted octanol–water partition coefficient (Wildman–Crippen LogP) is 4.52. The molecule has 0 radical (unpaired) electrons. The Balaban J connectivity index is 1.56. The van der Waals surface area contributed by atoms with Gasteiger partial charge in [0, 0.05) is 41.9 Å². The quantitative estimate of drug-likeness (QED) is 0.698. The normalized spacial score (nSPS) is 10.6. The summed E-state index contributed by atoms with van der Waals surface area (Å²) in [7, 11) is 1.72. The fourth-order valence-electron chi connectivity index (χ4n) is 2.46. The van der Waals surface area contributed by atoms with Crippen molar-refractivity contribution < 1.29 is 4.79 Å². The van der Waals surface area contributed by atoms with Crippen LogP contribution in [0, 0.1) is 0 Å². The minimum Gasteiger partial charge on any atom is -0.334 e. The van der Waals surface area contributed by atoms with Crippen molar-refractivity contribution in [1.82, 2.24) is 20.0 Å². The molecule has 1 N–H and O–H groups in total. The van der Waals surface area contributed by atoms with E-state index < -0.39 is 0 Å². The molecular weight excluding hydrogens is 371 g/mol. The van der Waals surface area contributed by atoms with Gasteiger partial charge in [-0.15, -0.1) is 0 Å². The SMILES string of the molecule is CN(Cc1ccc(Cl)cc1Cl)C(=O)NCc1cnn(-c2ccccc2)c1. The van der Waals surface area contributed by atoms with Crippen LogP contribution in [0.1, 0.15) is 11.1 Å². The van der Waals surface area contributed by atoms with Gasteiger partial charge in [-0.25, -0.2) is 9.48 Å². The number of nitrogens with one attached hydrogen (secondary N) is 1. The van der Waals surface area contributed by atoms with E-state index in [4.69, 9.17) is 23.2 Å². The highest BCUT2D eigenvalue weighted by Crippen LogP contribution is 2.22. The first-order chi connectivity index (χ1) is 12.5. The van der Waals surface area contributed by atoms with Gasteiger partial charge < -0.3 is 10.2 Å². The van der Waals surface area contributed by atoms with Crippen LogP contribution >= 0.6 is 23.2 Å². The summed E-state index contributed by atoms with van der Waals surface area (Å²) in [5.74, 6) is 0. The Morgan fingerprint density at radius 3 is 2.69 bits per heavy atom. The maximum Gasteiger partial charge on any atom is 0.317 e. The van der Waals surface area contributed by atoms with Crippen molar-refractivity contribution in [2.75, 3.05) is 7.05 Å². The Morgan fingerprint density at radius 1 is 1.19 bits per heavy atom. The third-order valence-corrected chi connectivity index (χ3v) is 4.46. The zero-order valence-electron chi connectivity index (χ0n) is 14.2. The van der Waals surface area contributed by atoms with Gasteiger partial charge in [-0.2, -0.15) is 5.10 Å². The molecule has 0 saturated heterocycles. The number of halogens is 2. The summed E-state index contributed by atoms with van der Waals surface area (Å²) in [4.78, 5) is 13.9. The molecule has 5 nitrogen and oxygen atoms in total. The van der Waals surface area contributed by atoms with Crippen molar-refractivity contribution in [2.45, 2.75) is 13.1 Å². The smallest absolute Gasteiger partial charge is 0.317 e. The fourth-order valence-corrected chi connectivity index (χ4v) is 2.93. The van der Waals surface area contributed by atoms with Gasteiger partial charge in [-0.1, -0.05) is 47.5 Å². The Labute approximate surface area is 162 Å². The van der Waals surface area contributed by atoms with Crippen molar-refractivity contribution in [3.63, 3.8) is 0 Å². The Hall–Kier alpha value is -2.50. The summed E-state index contributed by atoms with van der Waals surface area (Å²) in [6.07, 6.45) is 3.63. The lowest BCUT2D eigenvalue weighted by Crippen LogP contribution is -2.36. The van der Waals surface area contributed by atoms with Crippen LogP contribution in [0.2, 0.25) is 10.0 Å². The summed E-state index contributed by atoms with van der Waals surface area (Å²) in [6.45, 7) is 0.787. The second-order valence-electron chi connectivity index (χ2n) is 5.88. The zero-order valence-corrected chi connectivity index (χ0v) is 15.7. The number of aromatic nitrogens is 2. The standard InChI is InChI=1S/C19H18Cl2N4O/c1-24(13-15-7-8-16(20)9-18(15)21)19(26)22-10-14-11-23-25(12-14)17-5-3-2-4-6-17/h2-9,11-12H,10,13H2,1H3,(H,22,26). The molecule has 0 aliphatic carbocycles. The first-order valence-electron chi connectivity index (χ1n) is 8.05. The second kappa shape index (κ2) is 8.25. The summed E-state index contributed by atoms with van der Waals surface area (Å²) < 4.78 is 1.78. The lowest BCUT2D eigenvalue weighted by atomic mass is 10.2. The minimum atomic E-state index is -0.191. The van der Waals surface area contributed by atoms with Crippen LogP contribution in [0.5, 0.6) is 0 Å². The number of benzene rings is 2. The van der Waals surface area contributed by atoms with E-state index in [-0.39, 0.29) is 6.03 Å². The molecule has 26 heavy (non-hydrogen) atoms. The fraction of sp³-hybridized carbons (Fsp3) is 0.158. The molecule has 2 amide bonds. The predicted molar refractivity (Wildman–Crippen MR) is 104 cm³/mol. The average Bonchev–Trinajstić information content (AvgIpc) is 3.11.